The maximum Gasteiger partial charge on any atom is 0.156 e. The summed E-state index contributed by atoms with van der Waals surface area (Å²) in [4.78, 5) is 0. The van der Waals surface area contributed by atoms with Crippen molar-refractivity contribution in [3.8, 4) is 0 Å². The second-order valence-corrected chi connectivity index (χ2v) is 4.80. The van der Waals surface area contributed by atoms with E-state index in [2.05, 4.69) is 39.8 Å². The first kappa shape index (κ1) is 15.1. The molecule has 0 aromatic rings. The van der Waals surface area contributed by atoms with Gasteiger partial charge in [0.05, 0.1) is 14.2 Å². The van der Waals surface area contributed by atoms with Crippen molar-refractivity contribution < 1.29 is 9.47 Å². The van der Waals surface area contributed by atoms with Crippen molar-refractivity contribution in [2.75, 3.05) is 14.2 Å². The van der Waals surface area contributed by atoms with Crippen LogP contribution in [0.5, 0.6) is 0 Å². The van der Waals surface area contributed by atoms with Gasteiger partial charge < -0.3 is 9.47 Å². The van der Waals surface area contributed by atoms with Crippen LogP contribution in [0, 0.1) is 11.8 Å². The highest BCUT2D eigenvalue weighted by atomic mass is 16.5. The summed E-state index contributed by atoms with van der Waals surface area (Å²) in [6.07, 6.45) is 6.21. The predicted octanol–water partition coefficient (Wildman–Crippen LogP) is 4.14. The minimum atomic E-state index is 0.633. The molecular formula is C14H26O2. The number of hydrogen-bond donors (Lipinski definition) is 0. The molecule has 0 N–H and O–H groups in total. The van der Waals surface area contributed by atoms with Crippen LogP contribution in [0.25, 0.3) is 0 Å². The second kappa shape index (κ2) is 8.26. The van der Waals surface area contributed by atoms with Crippen LogP contribution in [-0.4, -0.2) is 14.2 Å². The fourth-order valence-corrected chi connectivity index (χ4v) is 1.25. The summed E-state index contributed by atoms with van der Waals surface area (Å²) in [5, 5.41) is 0. The van der Waals surface area contributed by atoms with Crippen molar-refractivity contribution in [1.82, 2.24) is 0 Å². The van der Waals surface area contributed by atoms with Gasteiger partial charge in [0.2, 0.25) is 0 Å². The molecule has 0 aliphatic rings. The zero-order chi connectivity index (χ0) is 12.6. The number of hydrogen-bond acceptors (Lipinski definition) is 2. The summed E-state index contributed by atoms with van der Waals surface area (Å²) < 4.78 is 10.7. The Morgan fingerprint density at radius 1 is 0.812 bits per heavy atom. The number of ether oxygens (including phenoxy) is 2. The van der Waals surface area contributed by atoms with Gasteiger partial charge in [-0.05, 0) is 36.8 Å². The lowest BCUT2D eigenvalue weighted by Gasteiger charge is -2.11. The minimum Gasteiger partial charge on any atom is -0.493 e. The molecule has 0 spiro atoms. The quantitative estimate of drug-likeness (QED) is 0.480. The van der Waals surface area contributed by atoms with Crippen molar-refractivity contribution >= 4 is 0 Å². The number of rotatable bonds is 7. The molecule has 0 saturated heterocycles. The van der Waals surface area contributed by atoms with Gasteiger partial charge in [-0.1, -0.05) is 27.7 Å². The van der Waals surface area contributed by atoms with Crippen molar-refractivity contribution in [3.05, 3.63) is 23.7 Å². The first-order chi connectivity index (χ1) is 7.51. The third kappa shape index (κ3) is 6.54. The van der Waals surface area contributed by atoms with Gasteiger partial charge in [0.15, 0.2) is 11.5 Å². The summed E-state index contributed by atoms with van der Waals surface area (Å²) in [5.74, 6) is 2.95. The zero-order valence-corrected chi connectivity index (χ0v) is 11.5. The molecule has 0 saturated carbocycles. The van der Waals surface area contributed by atoms with Crippen LogP contribution in [0.2, 0.25) is 0 Å². The molecule has 0 fully saturated rings. The average molecular weight is 226 g/mol. The Kier molecular flexibility index (Phi) is 7.78. The van der Waals surface area contributed by atoms with Crippen LogP contribution in [0.15, 0.2) is 23.7 Å². The smallest absolute Gasteiger partial charge is 0.156 e. The topological polar surface area (TPSA) is 18.5 Å². The fourth-order valence-electron chi connectivity index (χ4n) is 1.25. The van der Waals surface area contributed by atoms with Gasteiger partial charge >= 0.3 is 0 Å². The Labute approximate surface area is 100 Å². The lowest BCUT2D eigenvalue weighted by molar-refractivity contribution is 0.217. The van der Waals surface area contributed by atoms with Gasteiger partial charge in [-0.15, -0.1) is 0 Å². The first-order valence-corrected chi connectivity index (χ1v) is 5.99. The maximum absolute atomic E-state index is 5.35. The van der Waals surface area contributed by atoms with E-state index in [1.165, 1.54) is 0 Å². The first-order valence-electron chi connectivity index (χ1n) is 5.99. The molecule has 94 valence electrons. The van der Waals surface area contributed by atoms with Crippen LogP contribution in [-0.2, 0) is 9.47 Å². The van der Waals surface area contributed by atoms with Crippen molar-refractivity contribution in [1.29, 1.82) is 0 Å². The second-order valence-electron chi connectivity index (χ2n) is 4.80. The summed E-state index contributed by atoms with van der Waals surface area (Å²) >= 11 is 0. The van der Waals surface area contributed by atoms with Crippen molar-refractivity contribution in [2.24, 2.45) is 11.8 Å². The van der Waals surface area contributed by atoms with Gasteiger partial charge in [0.1, 0.15) is 0 Å². The molecule has 0 rings (SSSR count). The summed E-state index contributed by atoms with van der Waals surface area (Å²) in [6, 6.07) is 0. The fraction of sp³-hybridized carbons (Fsp3) is 0.714. The van der Waals surface area contributed by atoms with Gasteiger partial charge in [0.25, 0.3) is 0 Å². The summed E-state index contributed by atoms with van der Waals surface area (Å²) in [6.45, 7) is 8.75. The molecule has 0 bridgehead atoms. The van der Waals surface area contributed by atoms with E-state index in [0.29, 0.717) is 11.8 Å². The van der Waals surface area contributed by atoms with Gasteiger partial charge in [-0.2, -0.15) is 0 Å². The molecule has 0 aliphatic carbocycles. The van der Waals surface area contributed by atoms with Crippen LogP contribution in [0.3, 0.4) is 0 Å². The summed E-state index contributed by atoms with van der Waals surface area (Å²) in [7, 11) is 3.38. The SMILES string of the molecule is COC(=C\CC(C)C)/C(=C/CC(C)C)OC. The molecule has 0 unspecified atom stereocenters. The normalized spacial score (nSPS) is 13.5. The highest BCUT2D eigenvalue weighted by Crippen LogP contribution is 2.16. The zero-order valence-electron chi connectivity index (χ0n) is 11.5. The Bertz CT molecular complexity index is 211. The van der Waals surface area contributed by atoms with E-state index in [0.717, 1.165) is 24.4 Å². The van der Waals surface area contributed by atoms with Crippen LogP contribution < -0.4 is 0 Å². The molecule has 0 atom stereocenters. The average Bonchev–Trinajstić information content (AvgIpc) is 2.22. The molecule has 0 aromatic heterocycles. The maximum atomic E-state index is 5.35. The summed E-state index contributed by atoms with van der Waals surface area (Å²) in [5.41, 5.74) is 0. The van der Waals surface area contributed by atoms with Gasteiger partial charge in [0, 0.05) is 0 Å². The van der Waals surface area contributed by atoms with Crippen molar-refractivity contribution in [2.45, 2.75) is 40.5 Å². The van der Waals surface area contributed by atoms with Crippen LogP contribution >= 0.6 is 0 Å². The standard InChI is InChI=1S/C14H26O2/c1-11(2)7-9-13(15-5)14(16-6)10-8-12(3)4/h9-12H,7-8H2,1-6H3/b13-9-,14-10-. The van der Waals surface area contributed by atoms with E-state index >= 15 is 0 Å². The lowest BCUT2D eigenvalue weighted by atomic mass is 10.1. The molecule has 0 radical (unpaired) electrons. The lowest BCUT2D eigenvalue weighted by Crippen LogP contribution is -1.98. The molecular weight excluding hydrogens is 200 g/mol. The predicted molar refractivity (Wildman–Crippen MR) is 69.1 cm³/mol. The third-order valence-electron chi connectivity index (χ3n) is 2.23. The Morgan fingerprint density at radius 3 is 1.31 bits per heavy atom. The Hall–Kier alpha value is -0.920. The Morgan fingerprint density at radius 2 is 1.12 bits per heavy atom. The van der Waals surface area contributed by atoms with E-state index in [1.54, 1.807) is 14.2 Å². The van der Waals surface area contributed by atoms with Crippen molar-refractivity contribution in [3.63, 3.8) is 0 Å². The number of methoxy groups -OCH3 is 2. The van der Waals surface area contributed by atoms with Crippen LogP contribution in [0.1, 0.15) is 40.5 Å². The highest BCUT2D eigenvalue weighted by molar-refractivity contribution is 5.20. The molecule has 0 heterocycles. The molecule has 16 heavy (non-hydrogen) atoms. The highest BCUT2D eigenvalue weighted by Gasteiger charge is 2.06. The molecule has 2 heteroatoms. The monoisotopic (exact) mass is 226 g/mol. The number of allylic oxidation sites excluding steroid dienone is 2. The molecule has 0 aromatic carbocycles. The van der Waals surface area contributed by atoms with E-state index in [9.17, 15) is 0 Å². The van der Waals surface area contributed by atoms with E-state index in [-0.39, 0.29) is 0 Å². The largest absolute Gasteiger partial charge is 0.493 e. The van der Waals surface area contributed by atoms with Gasteiger partial charge in [-0.3, -0.25) is 0 Å². The van der Waals surface area contributed by atoms with Gasteiger partial charge in [-0.25, -0.2) is 0 Å². The van der Waals surface area contributed by atoms with E-state index in [1.807, 2.05) is 0 Å². The molecule has 0 aliphatic heterocycles. The third-order valence-corrected chi connectivity index (χ3v) is 2.23. The van der Waals surface area contributed by atoms with Crippen LogP contribution in [0.4, 0.5) is 0 Å². The minimum absolute atomic E-state index is 0.633. The Balaban J connectivity index is 4.61. The van der Waals surface area contributed by atoms with E-state index in [4.69, 9.17) is 9.47 Å². The molecule has 0 amide bonds. The van der Waals surface area contributed by atoms with E-state index < -0.39 is 0 Å². The molecule has 2 nitrogen and oxygen atoms in total.